The Hall–Kier alpha value is -1.26. The van der Waals surface area contributed by atoms with E-state index < -0.39 is 0 Å². The van der Waals surface area contributed by atoms with E-state index in [1.807, 2.05) is 6.07 Å². The van der Waals surface area contributed by atoms with Gasteiger partial charge in [-0.3, -0.25) is 0 Å². The lowest BCUT2D eigenvalue weighted by Gasteiger charge is -2.14. The molecule has 0 atom stereocenters. The second-order valence-electron chi connectivity index (χ2n) is 5.53. The van der Waals surface area contributed by atoms with Crippen molar-refractivity contribution in [3.05, 3.63) is 23.8 Å². The third kappa shape index (κ3) is 6.26. The third-order valence-corrected chi connectivity index (χ3v) is 2.95. The van der Waals surface area contributed by atoms with Crippen LogP contribution in [0.2, 0.25) is 0 Å². The molecule has 20 heavy (non-hydrogen) atoms. The molecule has 0 fully saturated rings. The van der Waals surface area contributed by atoms with Crippen LogP contribution in [0.15, 0.2) is 18.2 Å². The summed E-state index contributed by atoms with van der Waals surface area (Å²) in [6.07, 6.45) is 1.00. The highest BCUT2D eigenvalue weighted by Crippen LogP contribution is 2.28. The Labute approximate surface area is 123 Å². The predicted molar refractivity (Wildman–Crippen MR) is 83.6 cm³/mol. The van der Waals surface area contributed by atoms with Gasteiger partial charge in [0.15, 0.2) is 11.5 Å². The largest absolute Gasteiger partial charge is 0.493 e. The summed E-state index contributed by atoms with van der Waals surface area (Å²) in [6, 6.07) is 6.57. The number of methoxy groups -OCH3 is 1. The van der Waals surface area contributed by atoms with Crippen LogP contribution in [0.4, 0.5) is 0 Å². The molecule has 4 heteroatoms. The molecule has 0 aliphatic heterocycles. The van der Waals surface area contributed by atoms with Crippen molar-refractivity contribution in [2.75, 3.05) is 34.4 Å². The Balaban J connectivity index is 2.58. The minimum absolute atomic E-state index is 0.474. The monoisotopic (exact) mass is 280 g/mol. The molecule has 4 nitrogen and oxygen atoms in total. The van der Waals surface area contributed by atoms with Crippen LogP contribution in [0, 0.1) is 0 Å². The lowest BCUT2D eigenvalue weighted by Crippen LogP contribution is -2.21. The van der Waals surface area contributed by atoms with Gasteiger partial charge in [-0.05, 0) is 38.2 Å². The fraction of sp³-hybridized carbons (Fsp3) is 0.625. The van der Waals surface area contributed by atoms with Crippen LogP contribution in [0.3, 0.4) is 0 Å². The van der Waals surface area contributed by atoms with Crippen molar-refractivity contribution in [2.45, 2.75) is 32.9 Å². The molecule has 114 valence electrons. The molecule has 1 rings (SSSR count). The van der Waals surface area contributed by atoms with Crippen molar-refractivity contribution in [1.29, 1.82) is 0 Å². The number of nitrogens with zero attached hydrogens (tertiary/aromatic N) is 1. The summed E-state index contributed by atoms with van der Waals surface area (Å²) in [7, 11) is 5.81. The van der Waals surface area contributed by atoms with Gasteiger partial charge in [-0.25, -0.2) is 0 Å². The molecule has 0 radical (unpaired) electrons. The van der Waals surface area contributed by atoms with Gasteiger partial charge in [-0.1, -0.05) is 19.9 Å². The molecule has 0 bridgehead atoms. The first-order chi connectivity index (χ1) is 9.52. The fourth-order valence-corrected chi connectivity index (χ4v) is 1.83. The standard InChI is InChI=1S/C16H28N2O2/c1-13(2)17-12-14-7-8-15(19-5)16(11-14)20-10-6-9-18(3)4/h7-8,11,13,17H,6,9-10,12H2,1-5H3. The minimum Gasteiger partial charge on any atom is -0.493 e. The smallest absolute Gasteiger partial charge is 0.161 e. The second-order valence-corrected chi connectivity index (χ2v) is 5.53. The first-order valence-electron chi connectivity index (χ1n) is 7.20. The average Bonchev–Trinajstić information content (AvgIpc) is 2.41. The molecule has 0 aliphatic carbocycles. The van der Waals surface area contributed by atoms with Gasteiger partial charge in [0, 0.05) is 19.1 Å². The minimum atomic E-state index is 0.474. The van der Waals surface area contributed by atoms with Crippen LogP contribution in [0.5, 0.6) is 11.5 Å². The first-order valence-corrected chi connectivity index (χ1v) is 7.20. The molecular weight excluding hydrogens is 252 g/mol. The summed E-state index contributed by atoms with van der Waals surface area (Å²) in [5.74, 6) is 1.62. The number of hydrogen-bond acceptors (Lipinski definition) is 4. The summed E-state index contributed by atoms with van der Waals surface area (Å²) in [5, 5.41) is 3.41. The highest BCUT2D eigenvalue weighted by atomic mass is 16.5. The molecule has 1 aromatic rings. The zero-order valence-corrected chi connectivity index (χ0v) is 13.4. The van der Waals surface area contributed by atoms with Gasteiger partial charge >= 0.3 is 0 Å². The van der Waals surface area contributed by atoms with Gasteiger partial charge in [0.2, 0.25) is 0 Å². The van der Waals surface area contributed by atoms with Crippen molar-refractivity contribution in [2.24, 2.45) is 0 Å². The van der Waals surface area contributed by atoms with Crippen LogP contribution in [-0.2, 0) is 6.54 Å². The molecule has 0 aliphatic rings. The zero-order chi connectivity index (χ0) is 15.0. The van der Waals surface area contributed by atoms with Crippen molar-refractivity contribution in [1.82, 2.24) is 10.2 Å². The Morgan fingerprint density at radius 3 is 2.55 bits per heavy atom. The number of hydrogen-bond donors (Lipinski definition) is 1. The number of benzene rings is 1. The topological polar surface area (TPSA) is 33.7 Å². The van der Waals surface area contributed by atoms with Crippen LogP contribution in [-0.4, -0.2) is 45.3 Å². The molecule has 0 saturated heterocycles. The van der Waals surface area contributed by atoms with E-state index in [2.05, 4.69) is 50.3 Å². The summed E-state index contributed by atoms with van der Waals surface area (Å²) in [4.78, 5) is 2.16. The van der Waals surface area contributed by atoms with E-state index in [4.69, 9.17) is 9.47 Å². The SMILES string of the molecule is COc1ccc(CNC(C)C)cc1OCCCN(C)C. The molecule has 0 aromatic heterocycles. The lowest BCUT2D eigenvalue weighted by molar-refractivity contribution is 0.268. The van der Waals surface area contributed by atoms with Crippen LogP contribution in [0.1, 0.15) is 25.8 Å². The van der Waals surface area contributed by atoms with Crippen molar-refractivity contribution < 1.29 is 9.47 Å². The molecule has 1 aromatic carbocycles. The van der Waals surface area contributed by atoms with Crippen LogP contribution in [0.25, 0.3) is 0 Å². The quantitative estimate of drug-likeness (QED) is 0.705. The molecule has 0 heterocycles. The van der Waals surface area contributed by atoms with Gasteiger partial charge in [-0.15, -0.1) is 0 Å². The Morgan fingerprint density at radius 1 is 1.20 bits per heavy atom. The number of rotatable bonds is 9. The molecule has 0 unspecified atom stereocenters. The van der Waals surface area contributed by atoms with Gasteiger partial charge < -0.3 is 19.7 Å². The molecule has 0 saturated carbocycles. The maximum absolute atomic E-state index is 5.85. The van der Waals surface area contributed by atoms with Gasteiger partial charge in [0.25, 0.3) is 0 Å². The third-order valence-electron chi connectivity index (χ3n) is 2.95. The van der Waals surface area contributed by atoms with Crippen LogP contribution >= 0.6 is 0 Å². The van der Waals surface area contributed by atoms with E-state index in [9.17, 15) is 0 Å². The Bertz CT molecular complexity index is 392. The highest BCUT2D eigenvalue weighted by Gasteiger charge is 2.06. The van der Waals surface area contributed by atoms with Crippen molar-refractivity contribution in [3.63, 3.8) is 0 Å². The first kappa shape index (κ1) is 16.8. The van der Waals surface area contributed by atoms with Gasteiger partial charge in [0.1, 0.15) is 0 Å². The predicted octanol–water partition coefficient (Wildman–Crippen LogP) is 2.52. The summed E-state index contributed by atoms with van der Waals surface area (Å²) in [5.41, 5.74) is 1.21. The Morgan fingerprint density at radius 2 is 1.95 bits per heavy atom. The lowest BCUT2D eigenvalue weighted by atomic mass is 10.2. The highest BCUT2D eigenvalue weighted by molar-refractivity contribution is 5.42. The summed E-state index contributed by atoms with van der Waals surface area (Å²) >= 11 is 0. The van der Waals surface area contributed by atoms with Gasteiger partial charge in [0.05, 0.1) is 13.7 Å². The number of nitrogens with one attached hydrogen (secondary N) is 1. The zero-order valence-electron chi connectivity index (χ0n) is 13.4. The Kier molecular flexibility index (Phi) is 7.41. The molecule has 0 spiro atoms. The second kappa shape index (κ2) is 8.82. The van der Waals surface area contributed by atoms with E-state index in [1.54, 1.807) is 7.11 Å². The normalized spacial score (nSPS) is 11.2. The van der Waals surface area contributed by atoms with E-state index in [1.165, 1.54) is 5.56 Å². The maximum atomic E-state index is 5.85. The van der Waals surface area contributed by atoms with Crippen LogP contribution < -0.4 is 14.8 Å². The van der Waals surface area contributed by atoms with E-state index in [0.29, 0.717) is 12.6 Å². The summed E-state index contributed by atoms with van der Waals surface area (Å²) < 4.78 is 11.2. The van der Waals surface area contributed by atoms with E-state index in [0.717, 1.165) is 31.0 Å². The summed E-state index contributed by atoms with van der Waals surface area (Å²) in [6.45, 7) is 6.85. The van der Waals surface area contributed by atoms with Crippen molar-refractivity contribution >= 4 is 0 Å². The van der Waals surface area contributed by atoms with E-state index in [-0.39, 0.29) is 0 Å². The number of ether oxygens (including phenoxy) is 2. The van der Waals surface area contributed by atoms with Crippen molar-refractivity contribution in [3.8, 4) is 11.5 Å². The van der Waals surface area contributed by atoms with E-state index >= 15 is 0 Å². The fourth-order valence-electron chi connectivity index (χ4n) is 1.83. The molecule has 0 amide bonds. The average molecular weight is 280 g/mol. The molecule has 1 N–H and O–H groups in total. The van der Waals surface area contributed by atoms with Gasteiger partial charge in [-0.2, -0.15) is 0 Å². The maximum Gasteiger partial charge on any atom is 0.161 e. The molecular formula is C16H28N2O2.